The standard InChI is InChI=1S/C26H25N3O4S/c1-16-9-10-17(2)23(11-16)29-25(31)21-7-5-6-8-22(21)28-26(29)34-15-24(30)27-18-12-19(32-3)14-20(13-18)33-4/h5-14H,15H2,1-4H3,(H,27,30). The third-order valence-electron chi connectivity index (χ3n) is 5.32. The first-order chi connectivity index (χ1) is 16.4. The summed E-state index contributed by atoms with van der Waals surface area (Å²) in [5.41, 5.74) is 3.71. The van der Waals surface area contributed by atoms with Gasteiger partial charge >= 0.3 is 0 Å². The van der Waals surface area contributed by atoms with E-state index < -0.39 is 0 Å². The molecule has 1 heterocycles. The second kappa shape index (κ2) is 10.0. The molecule has 1 amide bonds. The lowest BCUT2D eigenvalue weighted by atomic mass is 10.1. The number of para-hydroxylation sites is 1. The molecule has 0 aliphatic rings. The van der Waals surface area contributed by atoms with Crippen LogP contribution in [0.15, 0.2) is 70.6 Å². The maximum absolute atomic E-state index is 13.5. The molecule has 1 N–H and O–H groups in total. The SMILES string of the molecule is COc1cc(NC(=O)CSc2nc3ccccc3c(=O)n2-c2cc(C)ccc2C)cc(OC)c1. The molecule has 0 aliphatic heterocycles. The summed E-state index contributed by atoms with van der Waals surface area (Å²) in [4.78, 5) is 31.0. The van der Waals surface area contributed by atoms with Crippen LogP contribution >= 0.6 is 11.8 Å². The zero-order valence-electron chi connectivity index (χ0n) is 19.4. The Bertz CT molecular complexity index is 1410. The average Bonchev–Trinajstić information content (AvgIpc) is 2.84. The molecule has 3 aromatic carbocycles. The van der Waals surface area contributed by atoms with Crippen molar-refractivity contribution < 1.29 is 14.3 Å². The fourth-order valence-electron chi connectivity index (χ4n) is 3.59. The van der Waals surface area contributed by atoms with E-state index in [1.54, 1.807) is 49.1 Å². The smallest absolute Gasteiger partial charge is 0.266 e. The van der Waals surface area contributed by atoms with Gasteiger partial charge in [-0.05, 0) is 43.2 Å². The number of hydrogen-bond donors (Lipinski definition) is 1. The Balaban J connectivity index is 1.67. The van der Waals surface area contributed by atoms with Gasteiger partial charge in [0.2, 0.25) is 5.91 Å². The van der Waals surface area contributed by atoms with Crippen molar-refractivity contribution in [3.63, 3.8) is 0 Å². The van der Waals surface area contributed by atoms with E-state index in [1.807, 2.05) is 44.2 Å². The number of anilines is 1. The van der Waals surface area contributed by atoms with Crippen LogP contribution in [0.1, 0.15) is 11.1 Å². The first-order valence-electron chi connectivity index (χ1n) is 10.6. The van der Waals surface area contributed by atoms with Gasteiger partial charge in [-0.15, -0.1) is 0 Å². The maximum atomic E-state index is 13.5. The van der Waals surface area contributed by atoms with Crippen LogP contribution in [0.3, 0.4) is 0 Å². The largest absolute Gasteiger partial charge is 0.497 e. The van der Waals surface area contributed by atoms with Gasteiger partial charge in [0.05, 0.1) is 36.6 Å². The molecular formula is C26H25N3O4S. The molecule has 174 valence electrons. The predicted octanol–water partition coefficient (Wildman–Crippen LogP) is 4.75. The van der Waals surface area contributed by atoms with Crippen molar-refractivity contribution >= 4 is 34.3 Å². The van der Waals surface area contributed by atoms with Crippen molar-refractivity contribution in [1.82, 2.24) is 9.55 Å². The second-order valence-electron chi connectivity index (χ2n) is 7.78. The highest BCUT2D eigenvalue weighted by molar-refractivity contribution is 7.99. The molecule has 0 saturated heterocycles. The Morgan fingerprint density at radius 2 is 1.71 bits per heavy atom. The van der Waals surface area contributed by atoms with Gasteiger partial charge in [0.15, 0.2) is 5.16 Å². The number of aromatic nitrogens is 2. The Kier molecular flexibility index (Phi) is 6.88. The predicted molar refractivity (Wildman–Crippen MR) is 136 cm³/mol. The van der Waals surface area contributed by atoms with Crippen molar-refractivity contribution in [3.8, 4) is 17.2 Å². The Labute approximate surface area is 201 Å². The fraction of sp³-hybridized carbons (Fsp3) is 0.192. The minimum atomic E-state index is -0.241. The topological polar surface area (TPSA) is 82.5 Å². The summed E-state index contributed by atoms with van der Waals surface area (Å²) in [6.45, 7) is 3.93. The summed E-state index contributed by atoms with van der Waals surface area (Å²) in [6, 6.07) is 18.3. The Morgan fingerprint density at radius 3 is 2.41 bits per heavy atom. The highest BCUT2D eigenvalue weighted by Crippen LogP contribution is 2.27. The quantitative estimate of drug-likeness (QED) is 0.307. The van der Waals surface area contributed by atoms with E-state index >= 15 is 0 Å². The summed E-state index contributed by atoms with van der Waals surface area (Å²) < 4.78 is 12.1. The molecule has 0 fully saturated rings. The lowest BCUT2D eigenvalue weighted by Gasteiger charge is -2.16. The van der Waals surface area contributed by atoms with E-state index in [-0.39, 0.29) is 17.2 Å². The van der Waals surface area contributed by atoms with Crippen LogP contribution in [-0.2, 0) is 4.79 Å². The second-order valence-corrected chi connectivity index (χ2v) is 8.72. The van der Waals surface area contributed by atoms with Crippen molar-refractivity contribution in [1.29, 1.82) is 0 Å². The molecule has 0 saturated carbocycles. The molecule has 0 aliphatic carbocycles. The molecule has 0 bridgehead atoms. The molecule has 8 heteroatoms. The molecule has 7 nitrogen and oxygen atoms in total. The van der Waals surface area contributed by atoms with Crippen molar-refractivity contribution in [2.45, 2.75) is 19.0 Å². The van der Waals surface area contributed by atoms with Gasteiger partial charge in [0.1, 0.15) is 11.5 Å². The van der Waals surface area contributed by atoms with Gasteiger partial charge in [0, 0.05) is 23.9 Å². The zero-order valence-corrected chi connectivity index (χ0v) is 20.2. The van der Waals surface area contributed by atoms with Gasteiger partial charge in [-0.2, -0.15) is 0 Å². The zero-order chi connectivity index (χ0) is 24.2. The van der Waals surface area contributed by atoms with Crippen molar-refractivity contribution in [2.75, 3.05) is 25.3 Å². The number of thioether (sulfide) groups is 1. The third-order valence-corrected chi connectivity index (χ3v) is 6.26. The highest BCUT2D eigenvalue weighted by atomic mass is 32.2. The van der Waals surface area contributed by atoms with E-state index in [0.29, 0.717) is 33.2 Å². The number of rotatable bonds is 7. The third kappa shape index (κ3) is 4.92. The number of fused-ring (bicyclic) bond motifs is 1. The number of nitrogens with zero attached hydrogens (tertiary/aromatic N) is 2. The number of carbonyl (C=O) groups excluding carboxylic acids is 1. The van der Waals surface area contributed by atoms with Gasteiger partial charge in [-0.3, -0.25) is 14.2 Å². The number of methoxy groups -OCH3 is 2. The van der Waals surface area contributed by atoms with E-state index in [4.69, 9.17) is 14.5 Å². The number of nitrogens with one attached hydrogen (secondary N) is 1. The summed E-state index contributed by atoms with van der Waals surface area (Å²) >= 11 is 1.21. The summed E-state index contributed by atoms with van der Waals surface area (Å²) in [7, 11) is 3.10. The van der Waals surface area contributed by atoms with E-state index in [2.05, 4.69) is 5.32 Å². The lowest BCUT2D eigenvalue weighted by molar-refractivity contribution is -0.113. The van der Waals surface area contributed by atoms with E-state index in [1.165, 1.54) is 11.8 Å². The summed E-state index contributed by atoms with van der Waals surface area (Å²) in [5, 5.41) is 3.84. The molecule has 0 unspecified atom stereocenters. The van der Waals surface area contributed by atoms with Crippen LogP contribution in [0.4, 0.5) is 5.69 Å². The maximum Gasteiger partial charge on any atom is 0.266 e. The molecule has 4 aromatic rings. The van der Waals surface area contributed by atoms with Crippen LogP contribution in [-0.4, -0.2) is 35.4 Å². The van der Waals surface area contributed by atoms with Gasteiger partial charge in [-0.25, -0.2) is 4.98 Å². The number of benzene rings is 3. The normalized spacial score (nSPS) is 10.8. The number of carbonyl (C=O) groups is 1. The van der Waals surface area contributed by atoms with Gasteiger partial charge in [-0.1, -0.05) is 36.0 Å². The van der Waals surface area contributed by atoms with Crippen molar-refractivity contribution in [3.05, 3.63) is 82.1 Å². The van der Waals surface area contributed by atoms with Crippen LogP contribution in [0.25, 0.3) is 16.6 Å². The highest BCUT2D eigenvalue weighted by Gasteiger charge is 2.16. The first-order valence-corrected chi connectivity index (χ1v) is 11.6. The Morgan fingerprint density at radius 1 is 1.00 bits per heavy atom. The summed E-state index contributed by atoms with van der Waals surface area (Å²) in [5.74, 6) is 0.967. The molecule has 0 spiro atoms. The van der Waals surface area contributed by atoms with Gasteiger partial charge < -0.3 is 14.8 Å². The molecule has 0 atom stereocenters. The monoisotopic (exact) mass is 475 g/mol. The van der Waals surface area contributed by atoms with Crippen LogP contribution in [0, 0.1) is 13.8 Å². The molecule has 34 heavy (non-hydrogen) atoms. The van der Waals surface area contributed by atoms with Crippen LogP contribution < -0.4 is 20.3 Å². The number of aryl methyl sites for hydroxylation is 2. The van der Waals surface area contributed by atoms with Crippen LogP contribution in [0.2, 0.25) is 0 Å². The van der Waals surface area contributed by atoms with Gasteiger partial charge in [0.25, 0.3) is 5.56 Å². The number of hydrogen-bond acceptors (Lipinski definition) is 6. The van der Waals surface area contributed by atoms with Crippen molar-refractivity contribution in [2.24, 2.45) is 0 Å². The minimum Gasteiger partial charge on any atom is -0.497 e. The Hall–Kier alpha value is -3.78. The average molecular weight is 476 g/mol. The molecule has 4 rings (SSSR count). The number of amides is 1. The number of ether oxygens (including phenoxy) is 2. The summed E-state index contributed by atoms with van der Waals surface area (Å²) in [6.07, 6.45) is 0. The minimum absolute atomic E-state index is 0.0647. The van der Waals surface area contributed by atoms with E-state index in [0.717, 1.165) is 16.8 Å². The molecule has 0 radical (unpaired) electrons. The van der Waals surface area contributed by atoms with Crippen LogP contribution in [0.5, 0.6) is 11.5 Å². The molecule has 1 aromatic heterocycles. The fourth-order valence-corrected chi connectivity index (χ4v) is 4.39. The lowest BCUT2D eigenvalue weighted by Crippen LogP contribution is -2.23. The first kappa shape index (κ1) is 23.4. The molecular weight excluding hydrogens is 450 g/mol. The van der Waals surface area contributed by atoms with E-state index in [9.17, 15) is 9.59 Å².